The van der Waals surface area contributed by atoms with Gasteiger partial charge >= 0.3 is 12.6 Å². The third-order valence-electron chi connectivity index (χ3n) is 3.32. The first-order chi connectivity index (χ1) is 11.0. The van der Waals surface area contributed by atoms with Gasteiger partial charge in [-0.05, 0) is 36.4 Å². The number of carbonyl (C=O) groups is 1. The molecule has 0 aliphatic carbocycles. The van der Waals surface area contributed by atoms with Crippen LogP contribution in [0.4, 0.5) is 8.78 Å². The van der Waals surface area contributed by atoms with Crippen molar-refractivity contribution in [2.24, 2.45) is 0 Å². The average molecular weight is 315 g/mol. The highest BCUT2D eigenvalue weighted by molar-refractivity contribution is 6.03. The van der Waals surface area contributed by atoms with Crippen molar-refractivity contribution in [2.45, 2.75) is 6.61 Å². The molecule has 1 heterocycles. The number of carboxylic acids is 1. The number of nitrogens with zero attached hydrogens (tertiary/aromatic N) is 1. The Morgan fingerprint density at radius 3 is 2.43 bits per heavy atom. The summed E-state index contributed by atoms with van der Waals surface area (Å²) in [6, 6.07) is 14.3. The van der Waals surface area contributed by atoms with Gasteiger partial charge in [-0.1, -0.05) is 18.2 Å². The van der Waals surface area contributed by atoms with Crippen molar-refractivity contribution in [3.05, 3.63) is 60.2 Å². The van der Waals surface area contributed by atoms with Crippen molar-refractivity contribution in [1.82, 2.24) is 4.98 Å². The number of hydrogen-bond donors (Lipinski definition) is 1. The lowest BCUT2D eigenvalue weighted by Crippen LogP contribution is -2.02. The molecule has 116 valence electrons. The Hall–Kier alpha value is -3.02. The normalized spacial score (nSPS) is 10.9. The number of benzene rings is 2. The van der Waals surface area contributed by atoms with Crippen molar-refractivity contribution in [3.63, 3.8) is 0 Å². The monoisotopic (exact) mass is 315 g/mol. The molecule has 0 saturated heterocycles. The minimum Gasteiger partial charge on any atom is -0.478 e. The zero-order chi connectivity index (χ0) is 16.4. The first-order valence-electron chi connectivity index (χ1n) is 6.73. The van der Waals surface area contributed by atoms with E-state index in [1.807, 2.05) is 0 Å². The zero-order valence-corrected chi connectivity index (χ0v) is 11.7. The van der Waals surface area contributed by atoms with Crippen molar-refractivity contribution in [3.8, 4) is 17.0 Å². The van der Waals surface area contributed by atoms with Crippen LogP contribution in [0.25, 0.3) is 22.2 Å². The van der Waals surface area contributed by atoms with Crippen LogP contribution < -0.4 is 4.74 Å². The standard InChI is InChI=1S/C17H11F2NO3/c18-17(19)23-11-7-5-10(6-8-11)15-9-13(16(21)22)12-3-1-2-4-14(12)20-15/h1-9,17H,(H,21,22). The number of ether oxygens (including phenoxy) is 1. The van der Waals surface area contributed by atoms with Crippen molar-refractivity contribution >= 4 is 16.9 Å². The fourth-order valence-electron chi connectivity index (χ4n) is 2.31. The van der Waals surface area contributed by atoms with Gasteiger partial charge in [-0.3, -0.25) is 0 Å². The number of hydrogen-bond acceptors (Lipinski definition) is 3. The number of carboxylic acid groups (broad SMARTS) is 1. The number of aromatic carboxylic acids is 1. The van der Waals surface area contributed by atoms with Gasteiger partial charge in [-0.25, -0.2) is 9.78 Å². The van der Waals surface area contributed by atoms with Crippen molar-refractivity contribution in [1.29, 1.82) is 0 Å². The summed E-state index contributed by atoms with van der Waals surface area (Å²) in [5.74, 6) is -1.02. The lowest BCUT2D eigenvalue weighted by Gasteiger charge is -2.08. The number of para-hydroxylation sites is 1. The minimum absolute atomic E-state index is 0.0306. The van der Waals surface area contributed by atoms with E-state index in [4.69, 9.17) is 0 Å². The summed E-state index contributed by atoms with van der Waals surface area (Å²) in [6.45, 7) is -2.89. The van der Waals surface area contributed by atoms with E-state index in [0.29, 0.717) is 22.2 Å². The van der Waals surface area contributed by atoms with Crippen LogP contribution >= 0.6 is 0 Å². The number of halogens is 2. The van der Waals surface area contributed by atoms with Gasteiger partial charge in [0.1, 0.15) is 5.75 Å². The van der Waals surface area contributed by atoms with Gasteiger partial charge in [0.25, 0.3) is 0 Å². The molecule has 4 nitrogen and oxygen atoms in total. The fourth-order valence-corrected chi connectivity index (χ4v) is 2.31. The zero-order valence-electron chi connectivity index (χ0n) is 11.7. The maximum absolute atomic E-state index is 12.2. The van der Waals surface area contributed by atoms with Crippen LogP contribution in [0.1, 0.15) is 10.4 Å². The van der Waals surface area contributed by atoms with Crippen LogP contribution in [0.2, 0.25) is 0 Å². The molecule has 0 aliphatic rings. The molecular formula is C17H11F2NO3. The molecule has 2 aromatic carbocycles. The van der Waals surface area contributed by atoms with Crippen molar-refractivity contribution < 1.29 is 23.4 Å². The van der Waals surface area contributed by atoms with E-state index >= 15 is 0 Å². The first-order valence-corrected chi connectivity index (χ1v) is 6.73. The minimum atomic E-state index is -2.89. The third-order valence-corrected chi connectivity index (χ3v) is 3.32. The number of alkyl halides is 2. The molecule has 0 aliphatic heterocycles. The van der Waals surface area contributed by atoms with Crippen LogP contribution in [0, 0.1) is 0 Å². The fraction of sp³-hybridized carbons (Fsp3) is 0.0588. The predicted molar refractivity (Wildman–Crippen MR) is 80.8 cm³/mol. The SMILES string of the molecule is O=C(O)c1cc(-c2ccc(OC(F)F)cc2)nc2ccccc12. The Balaban J connectivity index is 2.07. The summed E-state index contributed by atoms with van der Waals surface area (Å²) in [5.41, 5.74) is 1.75. The Morgan fingerprint density at radius 1 is 1.09 bits per heavy atom. The van der Waals surface area contributed by atoms with E-state index in [0.717, 1.165) is 0 Å². The molecule has 0 spiro atoms. The number of fused-ring (bicyclic) bond motifs is 1. The van der Waals surface area contributed by atoms with Crippen LogP contribution in [0.3, 0.4) is 0 Å². The van der Waals surface area contributed by atoms with Gasteiger partial charge in [0.2, 0.25) is 0 Å². The van der Waals surface area contributed by atoms with Gasteiger partial charge < -0.3 is 9.84 Å². The highest BCUT2D eigenvalue weighted by Gasteiger charge is 2.13. The summed E-state index contributed by atoms with van der Waals surface area (Å²) in [6.07, 6.45) is 0. The number of aromatic nitrogens is 1. The van der Waals surface area contributed by atoms with E-state index in [2.05, 4.69) is 9.72 Å². The quantitative estimate of drug-likeness (QED) is 0.784. The largest absolute Gasteiger partial charge is 0.478 e. The average Bonchev–Trinajstić information content (AvgIpc) is 2.54. The van der Waals surface area contributed by atoms with Gasteiger partial charge in [-0.2, -0.15) is 8.78 Å². The van der Waals surface area contributed by atoms with Gasteiger partial charge in [0.15, 0.2) is 0 Å². The van der Waals surface area contributed by atoms with E-state index in [1.165, 1.54) is 18.2 Å². The summed E-state index contributed by atoms with van der Waals surface area (Å²) in [4.78, 5) is 15.9. The summed E-state index contributed by atoms with van der Waals surface area (Å²) < 4.78 is 28.6. The van der Waals surface area contributed by atoms with Crippen LogP contribution in [0.5, 0.6) is 5.75 Å². The second-order valence-corrected chi connectivity index (χ2v) is 4.78. The molecule has 3 rings (SSSR count). The lowest BCUT2D eigenvalue weighted by molar-refractivity contribution is -0.0498. The first kappa shape index (κ1) is 14.9. The summed E-state index contributed by atoms with van der Waals surface area (Å²) >= 11 is 0. The highest BCUT2D eigenvalue weighted by Crippen LogP contribution is 2.26. The second-order valence-electron chi connectivity index (χ2n) is 4.78. The molecule has 1 N–H and O–H groups in total. The van der Waals surface area contributed by atoms with Gasteiger partial charge in [-0.15, -0.1) is 0 Å². The molecule has 0 atom stereocenters. The van der Waals surface area contributed by atoms with Crippen LogP contribution in [-0.4, -0.2) is 22.7 Å². The molecule has 0 saturated carbocycles. The number of rotatable bonds is 4. The summed E-state index contributed by atoms with van der Waals surface area (Å²) in [5, 5.41) is 9.91. The molecule has 0 unspecified atom stereocenters. The Morgan fingerprint density at radius 2 is 1.78 bits per heavy atom. The molecule has 0 radical (unpaired) electrons. The van der Waals surface area contributed by atoms with Gasteiger partial charge in [0.05, 0.1) is 16.8 Å². The number of pyridine rings is 1. The molecule has 0 bridgehead atoms. The van der Waals surface area contributed by atoms with Crippen LogP contribution in [-0.2, 0) is 0 Å². The Labute approximate surface area is 130 Å². The molecule has 0 fully saturated rings. The third kappa shape index (κ3) is 3.11. The maximum atomic E-state index is 12.2. The molecule has 1 aromatic heterocycles. The molecule has 6 heteroatoms. The topological polar surface area (TPSA) is 59.4 Å². The Kier molecular flexibility index (Phi) is 3.89. The molecule has 3 aromatic rings. The lowest BCUT2D eigenvalue weighted by atomic mass is 10.0. The smallest absolute Gasteiger partial charge is 0.387 e. The molecule has 0 amide bonds. The highest BCUT2D eigenvalue weighted by atomic mass is 19.3. The van der Waals surface area contributed by atoms with E-state index in [1.54, 1.807) is 36.4 Å². The summed E-state index contributed by atoms with van der Waals surface area (Å²) in [7, 11) is 0. The molecule has 23 heavy (non-hydrogen) atoms. The van der Waals surface area contributed by atoms with Gasteiger partial charge in [0, 0.05) is 10.9 Å². The van der Waals surface area contributed by atoms with Crippen molar-refractivity contribution in [2.75, 3.05) is 0 Å². The second kappa shape index (κ2) is 6.00. The van der Waals surface area contributed by atoms with E-state index < -0.39 is 12.6 Å². The molecular weight excluding hydrogens is 304 g/mol. The van der Waals surface area contributed by atoms with E-state index in [9.17, 15) is 18.7 Å². The van der Waals surface area contributed by atoms with E-state index in [-0.39, 0.29) is 11.3 Å². The Bertz CT molecular complexity index is 863. The maximum Gasteiger partial charge on any atom is 0.387 e. The predicted octanol–water partition coefficient (Wildman–Crippen LogP) is 4.20. The van der Waals surface area contributed by atoms with Crippen LogP contribution in [0.15, 0.2) is 54.6 Å².